The van der Waals surface area contributed by atoms with E-state index in [9.17, 15) is 4.79 Å². The lowest BCUT2D eigenvalue weighted by Gasteiger charge is -2.05. The fraction of sp³-hybridized carbons (Fsp3) is 0.273. The molecule has 0 aliphatic rings. The Hall–Kier alpha value is -2.04. The van der Waals surface area contributed by atoms with Gasteiger partial charge >= 0.3 is 5.97 Å². The normalized spacial score (nSPS) is 10.8. The molecular weight excluding hydrogens is 206 g/mol. The first kappa shape index (κ1) is 10.5. The van der Waals surface area contributed by atoms with E-state index in [1.165, 1.54) is 0 Å². The number of nitrogens with zero attached hydrogens (tertiary/aromatic N) is 2. The molecule has 84 valence electrons. The molecule has 5 heteroatoms. The van der Waals surface area contributed by atoms with Gasteiger partial charge in [0.25, 0.3) is 0 Å². The highest BCUT2D eigenvalue weighted by Crippen LogP contribution is 2.21. The van der Waals surface area contributed by atoms with Gasteiger partial charge in [0, 0.05) is 6.54 Å². The summed E-state index contributed by atoms with van der Waals surface area (Å²) in [4.78, 5) is 14.8. The summed E-state index contributed by atoms with van der Waals surface area (Å²) >= 11 is 0. The van der Waals surface area contributed by atoms with E-state index in [2.05, 4.69) is 4.98 Å². The first-order valence-corrected chi connectivity index (χ1v) is 5.02. The first-order valence-electron chi connectivity index (χ1n) is 5.02. The minimum atomic E-state index is -0.838. The molecule has 2 aromatic rings. The lowest BCUT2D eigenvalue weighted by Crippen LogP contribution is -2.08. The van der Waals surface area contributed by atoms with E-state index in [0.29, 0.717) is 12.5 Å². The van der Waals surface area contributed by atoms with Crippen LogP contribution in [0.4, 0.5) is 5.95 Å². The van der Waals surface area contributed by atoms with Crippen molar-refractivity contribution in [3.8, 4) is 0 Å². The van der Waals surface area contributed by atoms with Crippen molar-refractivity contribution in [1.29, 1.82) is 0 Å². The number of nitrogen functional groups attached to an aromatic ring is 1. The van der Waals surface area contributed by atoms with E-state index in [0.717, 1.165) is 16.6 Å². The highest BCUT2D eigenvalue weighted by molar-refractivity contribution is 5.81. The number of carboxylic acids is 1. The van der Waals surface area contributed by atoms with Gasteiger partial charge in [0.2, 0.25) is 5.95 Å². The molecule has 0 unspecified atom stereocenters. The zero-order chi connectivity index (χ0) is 11.7. The summed E-state index contributed by atoms with van der Waals surface area (Å²) in [5, 5.41) is 8.67. The van der Waals surface area contributed by atoms with Gasteiger partial charge in [-0.15, -0.1) is 0 Å². The van der Waals surface area contributed by atoms with E-state index in [-0.39, 0.29) is 6.42 Å². The van der Waals surface area contributed by atoms with Gasteiger partial charge in [0.1, 0.15) is 0 Å². The van der Waals surface area contributed by atoms with Crippen molar-refractivity contribution in [2.75, 3.05) is 5.73 Å². The van der Waals surface area contributed by atoms with Crippen molar-refractivity contribution in [2.24, 2.45) is 0 Å². The number of hydrogen-bond acceptors (Lipinski definition) is 3. The Kier molecular flexibility index (Phi) is 2.52. The standard InChI is InChI=1S/C11H13N3O2/c1-7-3-2-4-8-10(7)14(11(12)13-8)6-5-9(15)16/h2-4H,5-6H2,1H3,(H2,12,13)(H,15,16). The quantitative estimate of drug-likeness (QED) is 0.817. The average Bonchev–Trinajstić information content (AvgIpc) is 2.52. The third-order valence-electron chi connectivity index (χ3n) is 2.55. The molecule has 16 heavy (non-hydrogen) atoms. The zero-order valence-corrected chi connectivity index (χ0v) is 8.97. The minimum absolute atomic E-state index is 0.0456. The van der Waals surface area contributed by atoms with Crippen molar-refractivity contribution in [3.05, 3.63) is 23.8 Å². The van der Waals surface area contributed by atoms with E-state index in [4.69, 9.17) is 10.8 Å². The third-order valence-corrected chi connectivity index (χ3v) is 2.55. The van der Waals surface area contributed by atoms with Crippen LogP contribution in [0.1, 0.15) is 12.0 Å². The predicted molar refractivity (Wildman–Crippen MR) is 61.1 cm³/mol. The third kappa shape index (κ3) is 1.71. The first-order chi connectivity index (χ1) is 7.59. The van der Waals surface area contributed by atoms with Gasteiger partial charge in [-0.25, -0.2) is 4.98 Å². The molecule has 0 radical (unpaired) electrons. The van der Waals surface area contributed by atoms with Crippen LogP contribution in [-0.4, -0.2) is 20.6 Å². The van der Waals surface area contributed by atoms with Crippen molar-refractivity contribution in [2.45, 2.75) is 19.9 Å². The molecule has 0 bridgehead atoms. The van der Waals surface area contributed by atoms with Crippen LogP contribution in [-0.2, 0) is 11.3 Å². The van der Waals surface area contributed by atoms with E-state index in [1.807, 2.05) is 25.1 Å². The second-order valence-electron chi connectivity index (χ2n) is 3.71. The minimum Gasteiger partial charge on any atom is -0.481 e. The fourth-order valence-corrected chi connectivity index (χ4v) is 1.82. The summed E-state index contributed by atoms with van der Waals surface area (Å²) in [7, 11) is 0. The summed E-state index contributed by atoms with van der Waals surface area (Å²) in [6, 6.07) is 5.74. The predicted octanol–water partition coefficient (Wildman–Crippen LogP) is 1.40. The van der Waals surface area contributed by atoms with Crippen LogP contribution in [0.2, 0.25) is 0 Å². The number of anilines is 1. The van der Waals surface area contributed by atoms with Crippen LogP contribution in [0.5, 0.6) is 0 Å². The van der Waals surface area contributed by atoms with Crippen LogP contribution < -0.4 is 5.73 Å². The fourth-order valence-electron chi connectivity index (χ4n) is 1.82. The topological polar surface area (TPSA) is 81.1 Å². The lowest BCUT2D eigenvalue weighted by molar-refractivity contribution is -0.137. The monoisotopic (exact) mass is 219 g/mol. The van der Waals surface area contributed by atoms with Gasteiger partial charge in [-0.1, -0.05) is 12.1 Å². The number of hydrogen-bond donors (Lipinski definition) is 2. The Labute approximate surface area is 92.5 Å². The molecule has 0 aliphatic heterocycles. The van der Waals surface area contributed by atoms with Crippen LogP contribution in [0.25, 0.3) is 11.0 Å². The van der Waals surface area contributed by atoms with Crippen LogP contribution in [0.15, 0.2) is 18.2 Å². The number of para-hydroxylation sites is 1. The van der Waals surface area contributed by atoms with Gasteiger partial charge in [-0.2, -0.15) is 0 Å². The zero-order valence-electron chi connectivity index (χ0n) is 8.97. The molecule has 0 saturated heterocycles. The number of aryl methyl sites for hydroxylation is 2. The van der Waals surface area contributed by atoms with Crippen LogP contribution >= 0.6 is 0 Å². The van der Waals surface area contributed by atoms with E-state index >= 15 is 0 Å². The Morgan fingerprint density at radius 1 is 1.56 bits per heavy atom. The molecule has 0 fully saturated rings. The molecule has 0 aliphatic carbocycles. The Morgan fingerprint density at radius 2 is 2.31 bits per heavy atom. The van der Waals surface area contributed by atoms with Gasteiger partial charge in [-0.3, -0.25) is 4.79 Å². The maximum absolute atomic E-state index is 10.6. The van der Waals surface area contributed by atoms with Crippen molar-refractivity contribution >= 4 is 23.0 Å². The molecular formula is C11H13N3O2. The molecule has 1 aromatic heterocycles. The van der Waals surface area contributed by atoms with Gasteiger partial charge in [0.05, 0.1) is 17.5 Å². The Morgan fingerprint density at radius 3 is 3.00 bits per heavy atom. The number of rotatable bonds is 3. The molecule has 0 saturated carbocycles. The number of carboxylic acid groups (broad SMARTS) is 1. The Bertz CT molecular complexity index is 545. The van der Waals surface area contributed by atoms with E-state index < -0.39 is 5.97 Å². The molecule has 3 N–H and O–H groups in total. The number of fused-ring (bicyclic) bond motifs is 1. The number of aliphatic carboxylic acids is 1. The second-order valence-corrected chi connectivity index (χ2v) is 3.71. The van der Waals surface area contributed by atoms with Crippen LogP contribution in [0, 0.1) is 6.92 Å². The maximum Gasteiger partial charge on any atom is 0.305 e. The Balaban J connectivity index is 2.50. The molecule has 0 amide bonds. The van der Waals surface area contributed by atoms with E-state index in [1.54, 1.807) is 4.57 Å². The maximum atomic E-state index is 10.6. The smallest absolute Gasteiger partial charge is 0.305 e. The SMILES string of the molecule is Cc1cccc2nc(N)n(CCC(=O)O)c12. The number of nitrogens with two attached hydrogens (primary N) is 1. The summed E-state index contributed by atoms with van der Waals surface area (Å²) in [5.74, 6) is -0.472. The summed E-state index contributed by atoms with van der Waals surface area (Å²) in [5.41, 5.74) is 8.54. The molecule has 2 rings (SSSR count). The largest absolute Gasteiger partial charge is 0.481 e. The summed E-state index contributed by atoms with van der Waals surface area (Å²) in [6.45, 7) is 2.31. The number of imidazole rings is 1. The van der Waals surface area contributed by atoms with Gasteiger partial charge < -0.3 is 15.4 Å². The van der Waals surface area contributed by atoms with Gasteiger partial charge in [-0.05, 0) is 18.6 Å². The average molecular weight is 219 g/mol. The lowest BCUT2D eigenvalue weighted by atomic mass is 10.2. The van der Waals surface area contributed by atoms with Crippen molar-refractivity contribution in [3.63, 3.8) is 0 Å². The number of aromatic nitrogens is 2. The molecule has 5 nitrogen and oxygen atoms in total. The highest BCUT2D eigenvalue weighted by atomic mass is 16.4. The number of benzene rings is 1. The van der Waals surface area contributed by atoms with Crippen LogP contribution in [0.3, 0.4) is 0 Å². The van der Waals surface area contributed by atoms with Gasteiger partial charge in [0.15, 0.2) is 0 Å². The molecule has 0 atom stereocenters. The molecule has 0 spiro atoms. The molecule has 1 aromatic carbocycles. The summed E-state index contributed by atoms with van der Waals surface area (Å²) in [6.07, 6.45) is 0.0456. The van der Waals surface area contributed by atoms with Crippen molar-refractivity contribution < 1.29 is 9.90 Å². The second kappa shape index (κ2) is 3.84. The highest BCUT2D eigenvalue weighted by Gasteiger charge is 2.10. The number of carbonyl (C=O) groups is 1. The molecule has 1 heterocycles. The van der Waals surface area contributed by atoms with Crippen molar-refractivity contribution in [1.82, 2.24) is 9.55 Å². The summed E-state index contributed by atoms with van der Waals surface area (Å²) < 4.78 is 1.75.